The normalized spacial score (nSPS) is 10.1. The lowest BCUT2D eigenvalue weighted by Gasteiger charge is -2.02. The van der Waals surface area contributed by atoms with Gasteiger partial charge < -0.3 is 5.11 Å². The highest BCUT2D eigenvalue weighted by atomic mass is 35.5. The SMILES string of the molecule is O=C(CCCl)Cc1ccc(F)cc1O. The molecule has 0 saturated carbocycles. The maximum atomic E-state index is 12.6. The van der Waals surface area contributed by atoms with Crippen molar-refractivity contribution in [3.8, 4) is 5.75 Å². The zero-order valence-corrected chi connectivity index (χ0v) is 8.22. The van der Waals surface area contributed by atoms with Gasteiger partial charge in [0.1, 0.15) is 17.3 Å². The van der Waals surface area contributed by atoms with E-state index in [1.165, 1.54) is 12.1 Å². The minimum atomic E-state index is -0.518. The molecule has 2 nitrogen and oxygen atoms in total. The van der Waals surface area contributed by atoms with Gasteiger partial charge in [-0.25, -0.2) is 4.39 Å². The van der Waals surface area contributed by atoms with Crippen LogP contribution in [0.5, 0.6) is 5.75 Å². The van der Waals surface area contributed by atoms with Gasteiger partial charge in [-0.2, -0.15) is 0 Å². The van der Waals surface area contributed by atoms with E-state index in [2.05, 4.69) is 0 Å². The molecule has 0 unspecified atom stereocenters. The van der Waals surface area contributed by atoms with E-state index >= 15 is 0 Å². The van der Waals surface area contributed by atoms with Crippen molar-refractivity contribution in [1.82, 2.24) is 0 Å². The van der Waals surface area contributed by atoms with Crippen LogP contribution in [0.15, 0.2) is 18.2 Å². The second-order valence-corrected chi connectivity index (χ2v) is 3.31. The summed E-state index contributed by atoms with van der Waals surface area (Å²) in [5.41, 5.74) is 0.432. The van der Waals surface area contributed by atoms with Crippen LogP contribution in [0, 0.1) is 5.82 Å². The van der Waals surface area contributed by atoms with Crippen LogP contribution in [-0.2, 0) is 11.2 Å². The summed E-state index contributed by atoms with van der Waals surface area (Å²) in [6.45, 7) is 0. The Morgan fingerprint density at radius 3 is 2.79 bits per heavy atom. The van der Waals surface area contributed by atoms with Crippen LogP contribution in [0.25, 0.3) is 0 Å². The summed E-state index contributed by atoms with van der Waals surface area (Å²) in [6, 6.07) is 3.60. The molecule has 0 aliphatic carbocycles. The van der Waals surface area contributed by atoms with Crippen LogP contribution >= 0.6 is 11.6 Å². The van der Waals surface area contributed by atoms with Gasteiger partial charge in [0, 0.05) is 30.4 Å². The lowest BCUT2D eigenvalue weighted by molar-refractivity contribution is -0.118. The average Bonchev–Trinajstić information content (AvgIpc) is 2.10. The monoisotopic (exact) mass is 216 g/mol. The summed E-state index contributed by atoms with van der Waals surface area (Å²) in [4.78, 5) is 11.2. The molecule has 0 aliphatic heterocycles. The standard InChI is InChI=1S/C10H10ClFO2/c11-4-3-9(13)5-7-1-2-8(12)6-10(7)14/h1-2,6,14H,3-5H2. The van der Waals surface area contributed by atoms with Gasteiger partial charge in [-0.05, 0) is 6.07 Å². The third-order valence-corrected chi connectivity index (χ3v) is 2.00. The van der Waals surface area contributed by atoms with E-state index in [-0.39, 0.29) is 30.3 Å². The van der Waals surface area contributed by atoms with E-state index in [9.17, 15) is 14.3 Å². The number of Topliss-reactive ketones (excluding diaryl/α,β-unsaturated/α-hetero) is 1. The molecular weight excluding hydrogens is 207 g/mol. The zero-order valence-electron chi connectivity index (χ0n) is 7.46. The minimum absolute atomic E-state index is 0.0677. The topological polar surface area (TPSA) is 37.3 Å². The van der Waals surface area contributed by atoms with E-state index in [1.807, 2.05) is 0 Å². The molecule has 0 bridgehead atoms. The number of rotatable bonds is 4. The summed E-state index contributed by atoms with van der Waals surface area (Å²) in [7, 11) is 0. The highest BCUT2D eigenvalue weighted by Crippen LogP contribution is 2.19. The number of carbonyl (C=O) groups is 1. The Kier molecular flexibility index (Phi) is 3.89. The molecule has 1 rings (SSSR count). The molecule has 0 aliphatic rings. The van der Waals surface area contributed by atoms with E-state index < -0.39 is 5.82 Å². The number of phenols is 1. The van der Waals surface area contributed by atoms with Crippen LogP contribution in [0.4, 0.5) is 4.39 Å². The molecule has 0 spiro atoms. The van der Waals surface area contributed by atoms with E-state index in [0.29, 0.717) is 5.56 Å². The summed E-state index contributed by atoms with van der Waals surface area (Å²) < 4.78 is 12.6. The van der Waals surface area contributed by atoms with Gasteiger partial charge in [0.25, 0.3) is 0 Å². The molecule has 0 aromatic heterocycles. The van der Waals surface area contributed by atoms with Gasteiger partial charge in [-0.1, -0.05) is 6.07 Å². The van der Waals surface area contributed by atoms with Crippen molar-refractivity contribution in [2.24, 2.45) is 0 Å². The quantitative estimate of drug-likeness (QED) is 0.784. The largest absolute Gasteiger partial charge is 0.508 e. The highest BCUT2D eigenvalue weighted by molar-refractivity contribution is 6.19. The second-order valence-electron chi connectivity index (χ2n) is 2.93. The molecule has 0 fully saturated rings. The number of benzene rings is 1. The van der Waals surface area contributed by atoms with Gasteiger partial charge in [-0.3, -0.25) is 4.79 Å². The van der Waals surface area contributed by atoms with Gasteiger partial charge in [-0.15, -0.1) is 11.6 Å². The summed E-state index contributed by atoms with van der Waals surface area (Å²) in [5, 5.41) is 9.28. The molecule has 1 N–H and O–H groups in total. The van der Waals surface area contributed by atoms with Crippen molar-refractivity contribution in [2.45, 2.75) is 12.8 Å². The Labute approximate surface area is 86.3 Å². The van der Waals surface area contributed by atoms with E-state index in [4.69, 9.17) is 11.6 Å². The maximum absolute atomic E-state index is 12.6. The van der Waals surface area contributed by atoms with Crippen LogP contribution in [0.3, 0.4) is 0 Å². The fourth-order valence-electron chi connectivity index (χ4n) is 1.09. The fourth-order valence-corrected chi connectivity index (χ4v) is 1.30. The smallest absolute Gasteiger partial charge is 0.138 e. The Morgan fingerprint density at radius 1 is 1.50 bits per heavy atom. The van der Waals surface area contributed by atoms with Crippen molar-refractivity contribution in [1.29, 1.82) is 0 Å². The molecule has 76 valence electrons. The number of phenolic OH excluding ortho intramolecular Hbond substituents is 1. The summed E-state index contributed by atoms with van der Waals surface area (Å²) in [5.74, 6) is -0.508. The Balaban J connectivity index is 2.72. The first-order valence-electron chi connectivity index (χ1n) is 4.18. The first kappa shape index (κ1) is 11.0. The molecule has 0 heterocycles. The molecule has 1 aromatic carbocycles. The molecule has 0 radical (unpaired) electrons. The van der Waals surface area contributed by atoms with Crippen LogP contribution in [0.2, 0.25) is 0 Å². The van der Waals surface area contributed by atoms with Crippen molar-refractivity contribution in [2.75, 3.05) is 5.88 Å². The number of aromatic hydroxyl groups is 1. The lowest BCUT2D eigenvalue weighted by Crippen LogP contribution is -2.03. The van der Waals surface area contributed by atoms with E-state index in [1.54, 1.807) is 0 Å². The zero-order chi connectivity index (χ0) is 10.6. The van der Waals surface area contributed by atoms with Crippen molar-refractivity contribution < 1.29 is 14.3 Å². The molecule has 0 saturated heterocycles. The van der Waals surface area contributed by atoms with Crippen molar-refractivity contribution in [3.05, 3.63) is 29.6 Å². The predicted octanol–water partition coefficient (Wildman–Crippen LogP) is 2.27. The lowest BCUT2D eigenvalue weighted by atomic mass is 10.1. The molecule has 4 heteroatoms. The fraction of sp³-hybridized carbons (Fsp3) is 0.300. The Morgan fingerprint density at radius 2 is 2.21 bits per heavy atom. The highest BCUT2D eigenvalue weighted by Gasteiger charge is 2.07. The van der Waals surface area contributed by atoms with Gasteiger partial charge in [0.2, 0.25) is 0 Å². The molecule has 1 aromatic rings. The first-order chi connectivity index (χ1) is 6.63. The number of hydrogen-bond acceptors (Lipinski definition) is 2. The molecular formula is C10H10ClFO2. The number of halogens is 2. The van der Waals surface area contributed by atoms with Gasteiger partial charge in [0.05, 0.1) is 0 Å². The number of alkyl halides is 1. The second kappa shape index (κ2) is 4.96. The summed E-state index contributed by atoms with van der Waals surface area (Å²) >= 11 is 5.38. The Hall–Kier alpha value is -1.09. The third kappa shape index (κ3) is 3.00. The average molecular weight is 217 g/mol. The van der Waals surface area contributed by atoms with Crippen molar-refractivity contribution >= 4 is 17.4 Å². The third-order valence-electron chi connectivity index (χ3n) is 1.81. The maximum Gasteiger partial charge on any atom is 0.138 e. The Bertz CT molecular complexity index is 339. The van der Waals surface area contributed by atoms with E-state index in [0.717, 1.165) is 6.07 Å². The van der Waals surface area contributed by atoms with Crippen molar-refractivity contribution in [3.63, 3.8) is 0 Å². The predicted molar refractivity (Wildman–Crippen MR) is 52.1 cm³/mol. The number of carbonyl (C=O) groups excluding carboxylic acids is 1. The minimum Gasteiger partial charge on any atom is -0.508 e. The van der Waals surface area contributed by atoms with Gasteiger partial charge in [0.15, 0.2) is 0 Å². The number of ketones is 1. The van der Waals surface area contributed by atoms with Crippen LogP contribution in [0.1, 0.15) is 12.0 Å². The van der Waals surface area contributed by atoms with Crippen LogP contribution in [-0.4, -0.2) is 16.8 Å². The van der Waals surface area contributed by atoms with Crippen LogP contribution < -0.4 is 0 Å². The molecule has 0 amide bonds. The first-order valence-corrected chi connectivity index (χ1v) is 4.72. The summed E-state index contributed by atoms with van der Waals surface area (Å²) in [6.07, 6.45) is 0.358. The molecule has 14 heavy (non-hydrogen) atoms. The molecule has 0 atom stereocenters. The number of hydrogen-bond donors (Lipinski definition) is 1. The van der Waals surface area contributed by atoms with Gasteiger partial charge >= 0.3 is 0 Å².